The lowest BCUT2D eigenvalue weighted by atomic mass is 9.48. The maximum absolute atomic E-state index is 13.1. The highest BCUT2D eigenvalue weighted by Gasteiger charge is 2.53. The fourth-order valence-electron chi connectivity index (χ4n) is 6.71. The number of carbonyl (C=O) groups is 1. The maximum atomic E-state index is 13.1. The molecule has 4 bridgehead atoms. The van der Waals surface area contributed by atoms with Crippen LogP contribution in [-0.4, -0.2) is 21.3 Å². The van der Waals surface area contributed by atoms with Crippen molar-refractivity contribution in [3.05, 3.63) is 35.3 Å². The Balaban J connectivity index is 0.00000180. The predicted molar refractivity (Wildman–Crippen MR) is 104 cm³/mol. The van der Waals surface area contributed by atoms with E-state index in [2.05, 4.69) is 24.1 Å². The average Bonchev–Trinajstić information content (AvgIpc) is 2.97. The minimum Gasteiger partial charge on any atom is -0.349 e. The Morgan fingerprint density at radius 2 is 1.85 bits per heavy atom. The van der Waals surface area contributed by atoms with Crippen LogP contribution in [0.15, 0.2) is 18.3 Å². The topological polar surface area (TPSA) is 46.4 Å². The van der Waals surface area contributed by atoms with Crippen molar-refractivity contribution in [1.82, 2.24) is 14.7 Å². The van der Waals surface area contributed by atoms with Gasteiger partial charge in [0.2, 0.25) is 0 Å². The van der Waals surface area contributed by atoms with Crippen LogP contribution >= 0.6 is 0 Å². The second kappa shape index (κ2) is 5.58. The van der Waals surface area contributed by atoms with Gasteiger partial charge in [0.25, 0.3) is 5.91 Å². The van der Waals surface area contributed by atoms with Gasteiger partial charge in [0.15, 0.2) is 0 Å². The molecular weight excluding hydrogens is 322 g/mol. The molecule has 140 valence electrons. The summed E-state index contributed by atoms with van der Waals surface area (Å²) in [6, 6.07) is 4.20. The molecule has 4 saturated carbocycles. The number of fused-ring (bicyclic) bond motifs is 1. The van der Waals surface area contributed by atoms with Crippen LogP contribution in [-0.2, 0) is 0 Å². The first-order chi connectivity index (χ1) is 12.4. The quantitative estimate of drug-likeness (QED) is 0.881. The zero-order chi connectivity index (χ0) is 18.1. The minimum atomic E-state index is 0. The van der Waals surface area contributed by atoms with Gasteiger partial charge in [-0.15, -0.1) is 0 Å². The van der Waals surface area contributed by atoms with E-state index in [0.29, 0.717) is 11.0 Å². The van der Waals surface area contributed by atoms with Gasteiger partial charge in [-0.05, 0) is 94.6 Å². The molecule has 1 unspecified atom stereocenters. The van der Waals surface area contributed by atoms with Crippen molar-refractivity contribution in [2.75, 3.05) is 0 Å². The van der Waals surface area contributed by atoms with Gasteiger partial charge < -0.3 is 9.72 Å². The summed E-state index contributed by atoms with van der Waals surface area (Å²) in [6.45, 7) is 6.29. The Morgan fingerprint density at radius 3 is 2.46 bits per heavy atom. The lowest BCUT2D eigenvalue weighted by Crippen LogP contribution is -2.55. The molecule has 0 aliphatic heterocycles. The number of nitrogens with zero attached hydrogens (tertiary/aromatic N) is 2. The number of aryl methyl sites for hydroxylation is 2. The molecule has 4 fully saturated rings. The molecule has 0 radical (unpaired) electrons. The molecule has 2 aromatic rings. The van der Waals surface area contributed by atoms with Crippen molar-refractivity contribution < 1.29 is 6.22 Å². The van der Waals surface area contributed by atoms with Crippen LogP contribution in [0, 0.1) is 37.0 Å². The highest BCUT2D eigenvalue weighted by Crippen LogP contribution is 2.61. The molecule has 0 saturated heterocycles. The summed E-state index contributed by atoms with van der Waals surface area (Å²) in [5, 5.41) is 3.38. The number of rotatable bonds is 3. The van der Waals surface area contributed by atoms with Crippen molar-refractivity contribution in [3.8, 4) is 0 Å². The van der Waals surface area contributed by atoms with E-state index >= 15 is 0 Å². The van der Waals surface area contributed by atoms with Crippen LogP contribution in [0.3, 0.4) is 0 Å². The van der Waals surface area contributed by atoms with Gasteiger partial charge in [0, 0.05) is 25.1 Å². The molecular formula is C22H31N3O. The molecule has 6 rings (SSSR count). The zero-order valence-electron chi connectivity index (χ0n) is 16.1. The van der Waals surface area contributed by atoms with E-state index < -0.39 is 0 Å². The van der Waals surface area contributed by atoms with E-state index in [1.54, 1.807) is 0 Å². The minimum absolute atomic E-state index is 0. The van der Waals surface area contributed by atoms with E-state index in [9.17, 15) is 4.79 Å². The molecule has 4 heteroatoms. The predicted octanol–water partition coefficient (Wildman–Crippen LogP) is 4.53. The van der Waals surface area contributed by atoms with Crippen molar-refractivity contribution >= 4 is 11.6 Å². The smallest absolute Gasteiger partial charge is 0.255 e. The zero-order valence-corrected chi connectivity index (χ0v) is 16.1. The number of hydrogen-bond donors (Lipinski definition) is 1. The van der Waals surface area contributed by atoms with Crippen LogP contribution in [0.25, 0.3) is 5.65 Å². The molecule has 2 aromatic heterocycles. The summed E-state index contributed by atoms with van der Waals surface area (Å²) in [6.07, 6.45) is 10.2. The standard InChI is InChI=1S/C22H29N3O.H2/c1-13-6-14(2)25-5-4-19(20(25)23-13)21(26)24-15(3)22-10-16-7-17(11-22)9-18(8-16)12-22;/h4-6,15-18H,7-12H2,1-3H3,(H,24,26);1H. The Labute approximate surface area is 156 Å². The fraction of sp³-hybridized carbons (Fsp3) is 0.636. The monoisotopic (exact) mass is 353 g/mol. The Hall–Kier alpha value is -1.84. The van der Waals surface area contributed by atoms with E-state index in [1.165, 1.54) is 38.5 Å². The highest BCUT2D eigenvalue weighted by molar-refractivity contribution is 6.00. The third-order valence-electron chi connectivity index (χ3n) is 7.54. The molecule has 4 aliphatic rings. The number of nitrogens with one attached hydrogen (secondary N) is 1. The summed E-state index contributed by atoms with van der Waals surface area (Å²) in [5.41, 5.74) is 3.88. The lowest BCUT2D eigenvalue weighted by molar-refractivity contribution is -0.0687. The summed E-state index contributed by atoms with van der Waals surface area (Å²) < 4.78 is 2.01. The van der Waals surface area contributed by atoms with Crippen LogP contribution in [0.4, 0.5) is 0 Å². The largest absolute Gasteiger partial charge is 0.349 e. The number of amides is 1. The van der Waals surface area contributed by atoms with Crippen LogP contribution in [0.1, 0.15) is 68.6 Å². The molecule has 2 heterocycles. The normalized spacial score (nSPS) is 33.6. The maximum Gasteiger partial charge on any atom is 0.255 e. The molecule has 0 spiro atoms. The number of carbonyl (C=O) groups excluding carboxylic acids is 1. The van der Waals surface area contributed by atoms with Crippen LogP contribution in [0.5, 0.6) is 0 Å². The van der Waals surface area contributed by atoms with E-state index in [0.717, 1.165) is 34.8 Å². The van der Waals surface area contributed by atoms with Gasteiger partial charge in [-0.1, -0.05) is 0 Å². The van der Waals surface area contributed by atoms with Crippen LogP contribution in [0.2, 0.25) is 0 Å². The van der Waals surface area contributed by atoms with Gasteiger partial charge >= 0.3 is 0 Å². The van der Waals surface area contributed by atoms with Crippen LogP contribution < -0.4 is 5.32 Å². The third kappa shape index (κ3) is 2.41. The first-order valence-electron chi connectivity index (χ1n) is 10.2. The Kier molecular flexibility index (Phi) is 3.51. The average molecular weight is 354 g/mol. The van der Waals surface area contributed by atoms with E-state index in [-0.39, 0.29) is 13.4 Å². The van der Waals surface area contributed by atoms with E-state index in [1.807, 2.05) is 29.7 Å². The Morgan fingerprint density at radius 1 is 1.23 bits per heavy atom. The summed E-state index contributed by atoms with van der Waals surface area (Å²) in [5.74, 6) is 2.75. The molecule has 26 heavy (non-hydrogen) atoms. The first-order valence-corrected chi connectivity index (χ1v) is 10.2. The number of aromatic nitrogens is 2. The van der Waals surface area contributed by atoms with Gasteiger partial charge in [0.05, 0.1) is 5.56 Å². The third-order valence-corrected chi connectivity index (χ3v) is 7.54. The summed E-state index contributed by atoms with van der Waals surface area (Å²) >= 11 is 0. The second-order valence-corrected chi connectivity index (χ2v) is 9.44. The van der Waals surface area contributed by atoms with Crippen molar-refractivity contribution in [3.63, 3.8) is 0 Å². The van der Waals surface area contributed by atoms with E-state index in [4.69, 9.17) is 0 Å². The molecule has 0 aromatic carbocycles. The lowest BCUT2D eigenvalue weighted by Gasteiger charge is -2.59. The summed E-state index contributed by atoms with van der Waals surface area (Å²) in [4.78, 5) is 17.7. The number of hydrogen-bond acceptors (Lipinski definition) is 2. The SMILES string of the molecule is Cc1cc(C)n2ccc(C(=O)NC(C)C34CC5CC(CC(C5)C3)C4)c2n1.[HH]. The molecule has 1 atom stereocenters. The molecule has 1 N–H and O–H groups in total. The summed E-state index contributed by atoms with van der Waals surface area (Å²) in [7, 11) is 0. The molecule has 4 nitrogen and oxygen atoms in total. The van der Waals surface area contributed by atoms with Crippen molar-refractivity contribution in [1.29, 1.82) is 0 Å². The molecule has 1 amide bonds. The van der Waals surface area contributed by atoms with Crippen molar-refractivity contribution in [2.24, 2.45) is 23.2 Å². The highest BCUT2D eigenvalue weighted by atomic mass is 16.1. The van der Waals surface area contributed by atoms with Crippen molar-refractivity contribution in [2.45, 2.75) is 65.3 Å². The second-order valence-electron chi connectivity index (χ2n) is 9.44. The fourth-order valence-corrected chi connectivity index (χ4v) is 6.71. The first kappa shape index (κ1) is 16.3. The van der Waals surface area contributed by atoms with Gasteiger partial charge in [-0.25, -0.2) is 4.98 Å². The molecule has 4 aliphatic carbocycles. The van der Waals surface area contributed by atoms with Gasteiger partial charge in [-0.3, -0.25) is 4.79 Å². The van der Waals surface area contributed by atoms with Gasteiger partial charge in [-0.2, -0.15) is 0 Å². The Bertz CT molecular complexity index is 852. The van der Waals surface area contributed by atoms with Gasteiger partial charge in [0.1, 0.15) is 5.65 Å².